The molecule has 1 saturated heterocycles. The van der Waals surface area contributed by atoms with E-state index in [0.717, 1.165) is 36.3 Å². The lowest BCUT2D eigenvalue weighted by Crippen LogP contribution is -2.35. The third-order valence-electron chi connectivity index (χ3n) is 3.43. The van der Waals surface area contributed by atoms with E-state index in [4.69, 9.17) is 0 Å². The number of hydrogen-bond donors (Lipinski definition) is 0. The molecule has 90 valence electrons. The first-order valence-electron chi connectivity index (χ1n) is 6.12. The van der Waals surface area contributed by atoms with Crippen LogP contribution in [-0.2, 0) is 7.05 Å². The van der Waals surface area contributed by atoms with Crippen molar-refractivity contribution in [1.29, 1.82) is 0 Å². The van der Waals surface area contributed by atoms with E-state index in [1.165, 1.54) is 12.8 Å². The van der Waals surface area contributed by atoms with Gasteiger partial charge in [-0.1, -0.05) is 6.92 Å². The average Bonchev–Trinajstić information content (AvgIpc) is 2.79. The summed E-state index contributed by atoms with van der Waals surface area (Å²) in [5, 5.41) is 0. The lowest BCUT2D eigenvalue weighted by Gasteiger charge is -2.32. The largest absolute Gasteiger partial charge is 0.354 e. The summed E-state index contributed by atoms with van der Waals surface area (Å²) < 4.78 is 1.92. The number of rotatable bonds is 1. The number of aromatic nitrogens is 4. The zero-order valence-electron chi connectivity index (χ0n) is 10.3. The Bertz CT molecular complexity index is 492. The van der Waals surface area contributed by atoms with Crippen LogP contribution in [0.5, 0.6) is 0 Å². The minimum atomic E-state index is 0.734. The molecule has 17 heavy (non-hydrogen) atoms. The van der Waals surface area contributed by atoms with Gasteiger partial charge in [0.25, 0.3) is 0 Å². The van der Waals surface area contributed by atoms with Crippen LogP contribution < -0.4 is 4.90 Å². The minimum Gasteiger partial charge on any atom is -0.354 e. The lowest BCUT2D eigenvalue weighted by atomic mass is 10.0. The third kappa shape index (κ3) is 1.75. The molecule has 1 fully saturated rings. The number of hydrogen-bond acceptors (Lipinski definition) is 4. The SMILES string of the molecule is CC1CCCN(c2ncn(C)c3ncnc2-3)C1. The van der Waals surface area contributed by atoms with E-state index in [1.54, 1.807) is 6.33 Å². The lowest BCUT2D eigenvalue weighted by molar-refractivity contribution is 0.444. The van der Waals surface area contributed by atoms with Crippen molar-refractivity contribution in [2.24, 2.45) is 13.0 Å². The van der Waals surface area contributed by atoms with E-state index >= 15 is 0 Å². The molecule has 3 aliphatic rings. The second kappa shape index (κ2) is 3.98. The predicted octanol–water partition coefficient (Wildman–Crippen LogP) is 1.55. The zero-order valence-corrected chi connectivity index (χ0v) is 10.3. The van der Waals surface area contributed by atoms with E-state index in [9.17, 15) is 0 Å². The first-order valence-corrected chi connectivity index (χ1v) is 6.12. The summed E-state index contributed by atoms with van der Waals surface area (Å²) in [5.41, 5.74) is 0.920. The molecule has 0 N–H and O–H groups in total. The van der Waals surface area contributed by atoms with Gasteiger partial charge in [-0.05, 0) is 18.8 Å². The molecule has 0 saturated carbocycles. The van der Waals surface area contributed by atoms with Gasteiger partial charge in [0.1, 0.15) is 6.33 Å². The van der Waals surface area contributed by atoms with E-state index in [-0.39, 0.29) is 0 Å². The molecule has 0 aromatic carbocycles. The fourth-order valence-corrected chi connectivity index (χ4v) is 2.55. The van der Waals surface area contributed by atoms with E-state index in [1.807, 2.05) is 17.9 Å². The molecule has 0 aliphatic carbocycles. The van der Waals surface area contributed by atoms with Gasteiger partial charge in [-0.3, -0.25) is 0 Å². The molecule has 3 rings (SSSR count). The van der Waals surface area contributed by atoms with E-state index < -0.39 is 0 Å². The van der Waals surface area contributed by atoms with Gasteiger partial charge >= 0.3 is 0 Å². The highest BCUT2D eigenvalue weighted by Gasteiger charge is 2.23. The molecule has 0 amide bonds. The van der Waals surface area contributed by atoms with Gasteiger partial charge in [0.05, 0.1) is 6.33 Å². The summed E-state index contributed by atoms with van der Waals surface area (Å²) in [5.74, 6) is 2.63. The molecular formula is C12H17N5. The Morgan fingerprint density at radius 3 is 3.00 bits per heavy atom. The second-order valence-electron chi connectivity index (χ2n) is 4.92. The monoisotopic (exact) mass is 231 g/mol. The van der Waals surface area contributed by atoms with Crippen LogP contribution in [0.4, 0.5) is 5.82 Å². The number of fused-ring (bicyclic) bond motifs is 1. The maximum Gasteiger partial charge on any atom is 0.165 e. The molecule has 5 nitrogen and oxygen atoms in total. The summed E-state index contributed by atoms with van der Waals surface area (Å²) in [4.78, 5) is 15.5. The maximum absolute atomic E-state index is 4.52. The Morgan fingerprint density at radius 2 is 2.18 bits per heavy atom. The van der Waals surface area contributed by atoms with Crippen molar-refractivity contribution in [3.8, 4) is 11.5 Å². The molecule has 0 spiro atoms. The molecule has 1 unspecified atom stereocenters. The van der Waals surface area contributed by atoms with E-state index in [0.29, 0.717) is 0 Å². The Hall–Kier alpha value is -1.65. The van der Waals surface area contributed by atoms with Crippen molar-refractivity contribution >= 4 is 5.82 Å². The first-order chi connectivity index (χ1) is 8.25. The van der Waals surface area contributed by atoms with Crippen LogP contribution in [0.2, 0.25) is 0 Å². The highest BCUT2D eigenvalue weighted by molar-refractivity contribution is 5.68. The zero-order chi connectivity index (χ0) is 11.8. The normalized spacial score (nSPS) is 21.1. The second-order valence-corrected chi connectivity index (χ2v) is 4.92. The van der Waals surface area contributed by atoms with Gasteiger partial charge in [0.15, 0.2) is 17.3 Å². The van der Waals surface area contributed by atoms with Gasteiger partial charge in [-0.15, -0.1) is 0 Å². The summed E-state index contributed by atoms with van der Waals surface area (Å²) in [6, 6.07) is 0. The number of nitrogens with zero attached hydrogens (tertiary/aromatic N) is 5. The Kier molecular flexibility index (Phi) is 2.46. The number of imidazole rings is 1. The summed E-state index contributed by atoms with van der Waals surface area (Å²) in [6.45, 7) is 4.44. The molecule has 0 radical (unpaired) electrons. The van der Waals surface area contributed by atoms with Crippen LogP contribution in [0.15, 0.2) is 12.7 Å². The topological polar surface area (TPSA) is 46.8 Å². The summed E-state index contributed by atoms with van der Waals surface area (Å²) in [7, 11) is 1.95. The van der Waals surface area contributed by atoms with Crippen LogP contribution in [0.3, 0.4) is 0 Å². The van der Waals surface area contributed by atoms with Crippen molar-refractivity contribution < 1.29 is 0 Å². The van der Waals surface area contributed by atoms with Crippen molar-refractivity contribution in [3.63, 3.8) is 0 Å². The smallest absolute Gasteiger partial charge is 0.165 e. The van der Waals surface area contributed by atoms with Crippen LogP contribution >= 0.6 is 0 Å². The fraction of sp³-hybridized carbons (Fsp3) is 0.583. The third-order valence-corrected chi connectivity index (χ3v) is 3.43. The van der Waals surface area contributed by atoms with Crippen molar-refractivity contribution in [3.05, 3.63) is 12.7 Å². The van der Waals surface area contributed by atoms with E-state index in [2.05, 4.69) is 26.8 Å². The van der Waals surface area contributed by atoms with Crippen LogP contribution in [0.1, 0.15) is 19.8 Å². The highest BCUT2D eigenvalue weighted by atomic mass is 15.2. The molecule has 5 heteroatoms. The molecule has 0 bridgehead atoms. The van der Waals surface area contributed by atoms with Crippen molar-refractivity contribution in [2.45, 2.75) is 19.8 Å². The average molecular weight is 231 g/mol. The molecular weight excluding hydrogens is 214 g/mol. The standard InChI is InChI=1S/C12H17N5/c1-9-4-3-5-17(6-9)12-10-11(14-7-13-10)16(2)8-15-12/h7-9H,3-6H2,1-2H3. The van der Waals surface area contributed by atoms with Crippen molar-refractivity contribution in [1.82, 2.24) is 19.5 Å². The molecule has 3 aliphatic heterocycles. The molecule has 0 aromatic heterocycles. The molecule has 0 aromatic rings. The van der Waals surface area contributed by atoms with Gasteiger partial charge in [-0.25, -0.2) is 15.0 Å². The Balaban J connectivity index is 2.00. The molecule has 3 heterocycles. The molecule has 1 atom stereocenters. The predicted molar refractivity (Wildman–Crippen MR) is 66.0 cm³/mol. The number of aryl methyl sites for hydroxylation is 1. The minimum absolute atomic E-state index is 0.734. The fourth-order valence-electron chi connectivity index (χ4n) is 2.55. The van der Waals surface area contributed by atoms with Crippen LogP contribution in [0.25, 0.3) is 11.5 Å². The number of piperidine rings is 1. The van der Waals surface area contributed by atoms with Crippen molar-refractivity contribution in [2.75, 3.05) is 18.0 Å². The Labute approximate surface area is 101 Å². The van der Waals surface area contributed by atoms with Gasteiger partial charge in [0, 0.05) is 20.1 Å². The van der Waals surface area contributed by atoms with Gasteiger partial charge in [-0.2, -0.15) is 0 Å². The van der Waals surface area contributed by atoms with Crippen LogP contribution in [0, 0.1) is 5.92 Å². The maximum atomic E-state index is 4.52. The number of anilines is 1. The first kappa shape index (κ1) is 10.5. The Morgan fingerprint density at radius 1 is 1.29 bits per heavy atom. The summed E-state index contributed by atoms with van der Waals surface area (Å²) >= 11 is 0. The highest BCUT2D eigenvalue weighted by Crippen LogP contribution is 2.29. The van der Waals surface area contributed by atoms with Crippen LogP contribution in [-0.4, -0.2) is 32.6 Å². The summed E-state index contributed by atoms with van der Waals surface area (Å²) in [6.07, 6.45) is 5.99. The quantitative estimate of drug-likeness (QED) is 0.747. The van der Waals surface area contributed by atoms with Gasteiger partial charge < -0.3 is 9.47 Å². The van der Waals surface area contributed by atoms with Gasteiger partial charge in [0.2, 0.25) is 0 Å².